The van der Waals surface area contributed by atoms with Gasteiger partial charge in [0.25, 0.3) is 0 Å². The Labute approximate surface area is 219 Å². The van der Waals surface area contributed by atoms with E-state index in [1.54, 1.807) is 18.2 Å². The van der Waals surface area contributed by atoms with Crippen molar-refractivity contribution in [2.75, 3.05) is 18.1 Å². The van der Waals surface area contributed by atoms with Crippen LogP contribution >= 0.6 is 0 Å². The largest absolute Gasteiger partial charge is 0.493 e. The van der Waals surface area contributed by atoms with Gasteiger partial charge in [-0.3, -0.25) is 0 Å². The van der Waals surface area contributed by atoms with Crippen molar-refractivity contribution in [3.8, 4) is 11.5 Å². The highest BCUT2D eigenvalue weighted by molar-refractivity contribution is 5.87. The second kappa shape index (κ2) is 12.5. The molecule has 0 unspecified atom stereocenters. The Balaban J connectivity index is 1.54. The molecule has 0 aromatic heterocycles. The number of hydrogen-bond acceptors (Lipinski definition) is 6. The van der Waals surface area contributed by atoms with Crippen molar-refractivity contribution in [3.63, 3.8) is 0 Å². The summed E-state index contributed by atoms with van der Waals surface area (Å²) in [6.07, 6.45) is -7.20. The van der Waals surface area contributed by atoms with Crippen LogP contribution < -0.4 is 20.9 Å². The van der Waals surface area contributed by atoms with Crippen molar-refractivity contribution >= 4 is 23.4 Å². The normalized spacial score (nSPS) is 11.9. The molecule has 3 rings (SSSR count). The molecule has 0 amide bonds. The molecule has 0 bridgehead atoms. The molecule has 3 aromatic rings. The number of ether oxygens (including phenoxy) is 3. The smallest absolute Gasteiger partial charge is 0.426 e. The Kier molecular flexibility index (Phi) is 9.33. The molecule has 0 aliphatic carbocycles. The van der Waals surface area contributed by atoms with Crippen LogP contribution in [0.25, 0.3) is 6.08 Å². The summed E-state index contributed by atoms with van der Waals surface area (Å²) in [5, 5.41) is 0. The van der Waals surface area contributed by atoms with E-state index in [-0.39, 0.29) is 25.4 Å². The van der Waals surface area contributed by atoms with Gasteiger partial charge in [-0.25, -0.2) is 9.18 Å². The number of hydrogen-bond donors (Lipinski definition) is 2. The average Bonchev–Trinajstić information content (AvgIpc) is 2.85. The number of halogens is 6. The Hall–Kier alpha value is -4.35. The first-order valence-corrected chi connectivity index (χ1v) is 11.5. The number of esters is 1. The van der Waals surface area contributed by atoms with E-state index in [1.807, 2.05) is 0 Å². The summed E-state index contributed by atoms with van der Waals surface area (Å²) in [5.74, 6) is -2.77. The van der Waals surface area contributed by atoms with Gasteiger partial charge in [-0.15, -0.1) is 0 Å². The van der Waals surface area contributed by atoms with Gasteiger partial charge in [-0.1, -0.05) is 12.1 Å². The number of carbonyl (C=O) groups excluding carboxylic acids is 1. The van der Waals surface area contributed by atoms with Crippen molar-refractivity contribution in [1.82, 2.24) is 0 Å². The summed E-state index contributed by atoms with van der Waals surface area (Å²) in [6, 6.07) is 12.2. The molecule has 4 N–H and O–H groups in total. The maximum Gasteiger partial charge on any atom is 0.426 e. The van der Waals surface area contributed by atoms with Crippen molar-refractivity contribution in [3.05, 3.63) is 89.2 Å². The Bertz CT molecular complexity index is 1290. The lowest BCUT2D eigenvalue weighted by Gasteiger charge is -2.19. The molecule has 0 saturated heterocycles. The molecule has 0 heterocycles. The molecule has 12 heteroatoms. The molecular weight excluding hydrogens is 530 g/mol. The number of nitrogen functional groups attached to an aromatic ring is 2. The number of rotatable bonds is 11. The van der Waals surface area contributed by atoms with Gasteiger partial charge in [0.2, 0.25) is 0 Å². The zero-order chi connectivity index (χ0) is 28.6. The molecule has 3 aromatic carbocycles. The molecule has 0 spiro atoms. The highest BCUT2D eigenvalue weighted by atomic mass is 19.4. The third-order valence-corrected chi connectivity index (χ3v) is 5.09. The highest BCUT2D eigenvalue weighted by Crippen LogP contribution is 2.34. The van der Waals surface area contributed by atoms with Gasteiger partial charge in [0.05, 0.1) is 12.2 Å². The van der Waals surface area contributed by atoms with Gasteiger partial charge in [0, 0.05) is 29.9 Å². The van der Waals surface area contributed by atoms with E-state index in [4.69, 9.17) is 20.9 Å². The van der Waals surface area contributed by atoms with Gasteiger partial charge < -0.3 is 25.7 Å². The van der Waals surface area contributed by atoms with Crippen LogP contribution in [0, 0.1) is 5.82 Å². The van der Waals surface area contributed by atoms with Crippen molar-refractivity contribution in [2.24, 2.45) is 0 Å². The third-order valence-electron chi connectivity index (χ3n) is 5.09. The number of carbonyl (C=O) groups is 1. The number of anilines is 2. The molecule has 0 saturated carbocycles. The van der Waals surface area contributed by atoms with Gasteiger partial charge >= 0.3 is 18.3 Å². The number of nitrogens with two attached hydrogens (primary N) is 2. The van der Waals surface area contributed by atoms with Crippen LogP contribution in [0.1, 0.15) is 29.5 Å². The quantitative estimate of drug-likeness (QED) is 0.0912. The lowest BCUT2D eigenvalue weighted by molar-refractivity contribution is -0.187. The van der Waals surface area contributed by atoms with Crippen molar-refractivity contribution < 1.29 is 45.3 Å². The molecule has 0 radical (unpaired) electrons. The van der Waals surface area contributed by atoms with Crippen LogP contribution in [0.5, 0.6) is 11.5 Å². The standard InChI is InChI=1S/C27H24F6N2O4/c28-23-15-22(37-11-1-10-26(29,30)31)7-8-24(23)39-27(32,33)19-5-2-17(3-6-19)4-9-25(36)38-16-18-12-20(34)14-21(35)13-18/h2-9,12-15H,1,10-11,16,34-35H2/b9-4+. The lowest BCUT2D eigenvalue weighted by atomic mass is 10.1. The van der Waals surface area contributed by atoms with E-state index in [1.165, 1.54) is 18.2 Å². The van der Waals surface area contributed by atoms with Crippen LogP contribution in [0.15, 0.2) is 66.7 Å². The Morgan fingerprint density at radius 2 is 1.56 bits per heavy atom. The van der Waals surface area contributed by atoms with E-state index in [0.717, 1.165) is 36.4 Å². The summed E-state index contributed by atoms with van der Waals surface area (Å²) in [4.78, 5) is 12.0. The number of alkyl halides is 5. The van der Waals surface area contributed by atoms with Crippen molar-refractivity contribution in [2.45, 2.75) is 31.7 Å². The number of benzene rings is 3. The SMILES string of the molecule is Nc1cc(N)cc(COC(=O)/C=C/c2ccc(C(F)(F)Oc3ccc(OCCCC(F)(F)F)cc3F)cc2)c1. The highest BCUT2D eigenvalue weighted by Gasteiger charge is 2.35. The van der Waals surface area contributed by atoms with Gasteiger partial charge in [0.15, 0.2) is 11.6 Å². The Morgan fingerprint density at radius 1 is 0.897 bits per heavy atom. The molecule has 208 valence electrons. The third kappa shape index (κ3) is 9.47. The minimum absolute atomic E-state index is 0.0668. The van der Waals surface area contributed by atoms with Crippen LogP contribution in [0.2, 0.25) is 0 Å². The van der Waals surface area contributed by atoms with Crippen LogP contribution in [-0.4, -0.2) is 18.8 Å². The first-order chi connectivity index (χ1) is 18.3. The van der Waals surface area contributed by atoms with Gasteiger partial charge in [-0.05, 0) is 66.1 Å². The summed E-state index contributed by atoms with van der Waals surface area (Å²) in [5.41, 5.74) is 12.6. The lowest BCUT2D eigenvalue weighted by Crippen LogP contribution is -2.22. The molecule has 0 aliphatic heterocycles. The zero-order valence-corrected chi connectivity index (χ0v) is 20.3. The molecule has 6 nitrogen and oxygen atoms in total. The predicted molar refractivity (Wildman–Crippen MR) is 132 cm³/mol. The fourth-order valence-electron chi connectivity index (χ4n) is 3.30. The van der Waals surface area contributed by atoms with Crippen LogP contribution in [0.3, 0.4) is 0 Å². The summed E-state index contributed by atoms with van der Waals surface area (Å²) in [6.45, 7) is -0.395. The van der Waals surface area contributed by atoms with E-state index >= 15 is 0 Å². The van der Waals surface area contributed by atoms with Crippen LogP contribution in [-0.2, 0) is 22.2 Å². The topological polar surface area (TPSA) is 96.8 Å². The van der Waals surface area contributed by atoms with E-state index in [2.05, 4.69) is 4.74 Å². The Morgan fingerprint density at radius 3 is 2.18 bits per heavy atom. The first-order valence-electron chi connectivity index (χ1n) is 11.5. The molecule has 0 fully saturated rings. The maximum absolute atomic E-state index is 14.6. The minimum Gasteiger partial charge on any atom is -0.493 e. The molecule has 0 atom stereocenters. The second-order valence-corrected chi connectivity index (χ2v) is 8.35. The summed E-state index contributed by atoms with van der Waals surface area (Å²) >= 11 is 0. The molecule has 0 aliphatic rings. The fraction of sp³-hybridized carbons (Fsp3) is 0.222. The van der Waals surface area contributed by atoms with Gasteiger partial charge in [-0.2, -0.15) is 22.0 Å². The van der Waals surface area contributed by atoms with E-state index in [0.29, 0.717) is 22.5 Å². The average molecular weight is 554 g/mol. The fourth-order valence-corrected chi connectivity index (χ4v) is 3.30. The second-order valence-electron chi connectivity index (χ2n) is 8.35. The minimum atomic E-state index is -4.34. The summed E-state index contributed by atoms with van der Waals surface area (Å²) < 4.78 is 94.6. The van der Waals surface area contributed by atoms with E-state index < -0.39 is 41.8 Å². The maximum atomic E-state index is 14.6. The monoisotopic (exact) mass is 554 g/mol. The first kappa shape index (κ1) is 29.2. The summed E-state index contributed by atoms with van der Waals surface area (Å²) in [7, 11) is 0. The zero-order valence-electron chi connectivity index (χ0n) is 20.3. The van der Waals surface area contributed by atoms with Crippen LogP contribution in [0.4, 0.5) is 37.7 Å². The predicted octanol–water partition coefficient (Wildman–Crippen LogP) is 6.60. The molecular formula is C27H24F6N2O4. The van der Waals surface area contributed by atoms with Gasteiger partial charge in [0.1, 0.15) is 12.4 Å². The van der Waals surface area contributed by atoms with E-state index in [9.17, 15) is 31.1 Å². The molecule has 39 heavy (non-hydrogen) atoms. The van der Waals surface area contributed by atoms with Crippen molar-refractivity contribution in [1.29, 1.82) is 0 Å².